The highest BCUT2D eigenvalue weighted by Crippen LogP contribution is 2.21. The Morgan fingerprint density at radius 1 is 1.03 bits per heavy atom. The molecule has 152 valence electrons. The molecule has 2 aliphatic rings. The second kappa shape index (κ2) is 9.59. The molecule has 2 aromatic rings. The molecule has 1 aromatic heterocycles. The van der Waals surface area contributed by atoms with Gasteiger partial charge < -0.3 is 15.1 Å². The van der Waals surface area contributed by atoms with Gasteiger partial charge in [0.15, 0.2) is 0 Å². The Bertz CT molecular complexity index is 841. The van der Waals surface area contributed by atoms with E-state index in [4.69, 9.17) is 0 Å². The van der Waals surface area contributed by atoms with Crippen LogP contribution < -0.4 is 10.2 Å². The number of carbonyl (C=O) groups excluding carboxylic acids is 1. The number of rotatable bonds is 6. The molecule has 4 rings (SSSR count). The van der Waals surface area contributed by atoms with Crippen LogP contribution in [0.5, 0.6) is 0 Å². The number of pyridine rings is 1. The van der Waals surface area contributed by atoms with Crippen LogP contribution in [0.2, 0.25) is 0 Å². The third kappa shape index (κ3) is 5.17. The van der Waals surface area contributed by atoms with Gasteiger partial charge in [0.1, 0.15) is 0 Å². The lowest BCUT2D eigenvalue weighted by molar-refractivity contribution is 0.0746. The number of carbonyl (C=O) groups is 1. The van der Waals surface area contributed by atoms with Gasteiger partial charge in [-0.2, -0.15) is 0 Å². The van der Waals surface area contributed by atoms with Gasteiger partial charge in [-0.1, -0.05) is 29.8 Å². The Labute approximate surface area is 173 Å². The number of para-hydroxylation sites is 1. The Morgan fingerprint density at radius 3 is 2.62 bits per heavy atom. The lowest BCUT2D eigenvalue weighted by Crippen LogP contribution is -2.48. The summed E-state index contributed by atoms with van der Waals surface area (Å²) in [5, 5.41) is 3.44. The van der Waals surface area contributed by atoms with Crippen molar-refractivity contribution in [3.05, 3.63) is 66.0 Å². The predicted octanol–water partition coefficient (Wildman–Crippen LogP) is 4.35. The predicted molar refractivity (Wildman–Crippen MR) is 118 cm³/mol. The summed E-state index contributed by atoms with van der Waals surface area (Å²) >= 11 is 0. The summed E-state index contributed by atoms with van der Waals surface area (Å²) in [6.07, 6.45) is 12.0. The van der Waals surface area contributed by atoms with Crippen molar-refractivity contribution in [3.8, 4) is 0 Å². The number of hydrogen-bond acceptors (Lipinski definition) is 4. The van der Waals surface area contributed by atoms with E-state index in [1.807, 2.05) is 17.0 Å². The van der Waals surface area contributed by atoms with Crippen LogP contribution in [0.25, 0.3) is 0 Å². The molecular formula is C24H30N4O. The molecule has 0 saturated carbocycles. The average Bonchev–Trinajstić information content (AvgIpc) is 2.80. The van der Waals surface area contributed by atoms with E-state index >= 15 is 0 Å². The van der Waals surface area contributed by atoms with Crippen LogP contribution in [0.3, 0.4) is 0 Å². The van der Waals surface area contributed by atoms with Gasteiger partial charge in [-0.05, 0) is 50.3 Å². The van der Waals surface area contributed by atoms with Crippen molar-refractivity contribution >= 4 is 17.3 Å². The van der Waals surface area contributed by atoms with Crippen molar-refractivity contribution in [2.45, 2.75) is 32.1 Å². The minimum atomic E-state index is 0.0730. The molecule has 1 aromatic carbocycles. The minimum absolute atomic E-state index is 0.0730. The molecule has 0 unspecified atom stereocenters. The van der Waals surface area contributed by atoms with Gasteiger partial charge in [-0.3, -0.25) is 9.78 Å². The Balaban J connectivity index is 1.30. The van der Waals surface area contributed by atoms with E-state index in [9.17, 15) is 4.79 Å². The second-order valence-corrected chi connectivity index (χ2v) is 7.86. The first-order chi connectivity index (χ1) is 14.3. The fourth-order valence-electron chi connectivity index (χ4n) is 4.14. The number of amides is 1. The normalized spacial score (nSPS) is 17.0. The molecule has 0 bridgehead atoms. The van der Waals surface area contributed by atoms with E-state index in [0.717, 1.165) is 44.8 Å². The largest absolute Gasteiger partial charge is 0.383 e. The number of piperazine rings is 1. The van der Waals surface area contributed by atoms with Gasteiger partial charge in [0, 0.05) is 50.8 Å². The van der Waals surface area contributed by atoms with Crippen LogP contribution in [-0.4, -0.2) is 48.5 Å². The van der Waals surface area contributed by atoms with Crippen LogP contribution in [0.4, 0.5) is 11.4 Å². The lowest BCUT2D eigenvalue weighted by Gasteiger charge is -2.36. The molecule has 1 amide bonds. The summed E-state index contributed by atoms with van der Waals surface area (Å²) in [5.41, 5.74) is 4.37. The number of aromatic nitrogens is 1. The maximum absolute atomic E-state index is 12.9. The minimum Gasteiger partial charge on any atom is -0.383 e. The van der Waals surface area contributed by atoms with E-state index in [2.05, 4.69) is 45.5 Å². The summed E-state index contributed by atoms with van der Waals surface area (Å²) in [6.45, 7) is 4.08. The standard InChI is InChI=1S/C24H30N4O/c29-24(28-15-13-27(14-16-28)23-9-5-2-6-10-23)21-17-22(19-25-18-21)26-12-11-20-7-3-1-4-8-20/h2,5-7,9-10,17-19,26H,1,3-4,8,11-16H2. The molecule has 0 atom stereocenters. The molecule has 5 nitrogen and oxygen atoms in total. The van der Waals surface area contributed by atoms with Gasteiger partial charge in [0.25, 0.3) is 5.91 Å². The van der Waals surface area contributed by atoms with Crippen molar-refractivity contribution in [1.82, 2.24) is 9.88 Å². The summed E-state index contributed by atoms with van der Waals surface area (Å²) in [5.74, 6) is 0.0730. The number of hydrogen-bond donors (Lipinski definition) is 1. The van der Waals surface area contributed by atoms with Crippen molar-refractivity contribution in [2.24, 2.45) is 0 Å². The molecule has 5 heteroatoms. The maximum Gasteiger partial charge on any atom is 0.255 e. The van der Waals surface area contributed by atoms with Crippen LogP contribution in [0.1, 0.15) is 42.5 Å². The van der Waals surface area contributed by atoms with E-state index in [1.165, 1.54) is 31.4 Å². The van der Waals surface area contributed by atoms with Crippen LogP contribution in [-0.2, 0) is 0 Å². The topological polar surface area (TPSA) is 48.5 Å². The molecule has 0 radical (unpaired) electrons. The molecule has 1 N–H and O–H groups in total. The first kappa shape index (κ1) is 19.5. The van der Waals surface area contributed by atoms with E-state index < -0.39 is 0 Å². The highest BCUT2D eigenvalue weighted by atomic mass is 16.2. The third-order valence-corrected chi connectivity index (χ3v) is 5.83. The monoisotopic (exact) mass is 390 g/mol. The van der Waals surface area contributed by atoms with Gasteiger partial charge in [0.2, 0.25) is 0 Å². The number of nitrogens with zero attached hydrogens (tertiary/aromatic N) is 3. The number of nitrogens with one attached hydrogen (secondary N) is 1. The van der Waals surface area contributed by atoms with E-state index in [0.29, 0.717) is 5.56 Å². The third-order valence-electron chi connectivity index (χ3n) is 5.83. The van der Waals surface area contributed by atoms with Crippen molar-refractivity contribution in [2.75, 3.05) is 42.9 Å². The molecule has 2 heterocycles. The lowest BCUT2D eigenvalue weighted by atomic mass is 9.97. The number of benzene rings is 1. The SMILES string of the molecule is O=C(c1cncc(NCCC2=CCCCC2)c1)N1CCN(c2ccccc2)CC1. The van der Waals surface area contributed by atoms with E-state index in [-0.39, 0.29) is 5.91 Å². The molecule has 1 aliphatic carbocycles. The molecular weight excluding hydrogens is 360 g/mol. The Hall–Kier alpha value is -2.82. The summed E-state index contributed by atoms with van der Waals surface area (Å²) in [6, 6.07) is 12.3. The number of allylic oxidation sites excluding steroid dienone is 1. The van der Waals surface area contributed by atoms with Crippen molar-refractivity contribution in [3.63, 3.8) is 0 Å². The number of anilines is 2. The fourth-order valence-corrected chi connectivity index (χ4v) is 4.14. The van der Waals surface area contributed by atoms with Crippen LogP contribution in [0, 0.1) is 0 Å². The smallest absolute Gasteiger partial charge is 0.255 e. The maximum atomic E-state index is 12.9. The van der Waals surface area contributed by atoms with Gasteiger partial charge in [0.05, 0.1) is 11.3 Å². The quantitative estimate of drug-likeness (QED) is 0.745. The van der Waals surface area contributed by atoms with Crippen molar-refractivity contribution in [1.29, 1.82) is 0 Å². The van der Waals surface area contributed by atoms with Crippen molar-refractivity contribution < 1.29 is 4.79 Å². The summed E-state index contributed by atoms with van der Waals surface area (Å²) in [4.78, 5) is 21.5. The molecule has 0 spiro atoms. The Morgan fingerprint density at radius 2 is 1.86 bits per heavy atom. The zero-order valence-corrected chi connectivity index (χ0v) is 17.0. The van der Waals surface area contributed by atoms with Gasteiger partial charge in [-0.15, -0.1) is 0 Å². The summed E-state index contributed by atoms with van der Waals surface area (Å²) in [7, 11) is 0. The molecule has 29 heavy (non-hydrogen) atoms. The fraction of sp³-hybridized carbons (Fsp3) is 0.417. The molecule has 1 aliphatic heterocycles. The van der Waals surface area contributed by atoms with Gasteiger partial charge >= 0.3 is 0 Å². The average molecular weight is 391 g/mol. The van der Waals surface area contributed by atoms with E-state index in [1.54, 1.807) is 18.0 Å². The molecule has 1 saturated heterocycles. The highest BCUT2D eigenvalue weighted by Gasteiger charge is 2.22. The zero-order chi connectivity index (χ0) is 19.9. The second-order valence-electron chi connectivity index (χ2n) is 7.86. The molecule has 1 fully saturated rings. The Kier molecular flexibility index (Phi) is 6.45. The first-order valence-electron chi connectivity index (χ1n) is 10.8. The highest BCUT2D eigenvalue weighted by molar-refractivity contribution is 5.95. The van der Waals surface area contributed by atoms with Gasteiger partial charge in [-0.25, -0.2) is 0 Å². The van der Waals surface area contributed by atoms with Crippen LogP contribution >= 0.6 is 0 Å². The van der Waals surface area contributed by atoms with Crippen LogP contribution in [0.15, 0.2) is 60.4 Å². The zero-order valence-electron chi connectivity index (χ0n) is 17.0. The summed E-state index contributed by atoms with van der Waals surface area (Å²) < 4.78 is 0. The first-order valence-corrected chi connectivity index (χ1v) is 10.8.